The fraction of sp³-hybridized carbons (Fsp3) is 0.125. The molecule has 22 heavy (non-hydrogen) atoms. The molecule has 0 fully saturated rings. The van der Waals surface area contributed by atoms with Crippen molar-refractivity contribution in [2.24, 2.45) is 0 Å². The molecule has 0 atom stereocenters. The second kappa shape index (κ2) is 6.85. The molecule has 0 unspecified atom stereocenters. The van der Waals surface area contributed by atoms with Crippen LogP contribution in [0.5, 0.6) is 5.75 Å². The molecule has 112 valence electrons. The zero-order valence-electron chi connectivity index (χ0n) is 11.8. The minimum Gasteiger partial charge on any atom is -0.484 e. The van der Waals surface area contributed by atoms with Gasteiger partial charge in [0.1, 0.15) is 5.75 Å². The molecular weight excluding hydrogens is 320 g/mol. The third-order valence-corrected chi connectivity index (χ3v) is 3.95. The first-order valence-corrected chi connectivity index (χ1v) is 8.20. The molecule has 0 radical (unpaired) electrons. The average Bonchev–Trinajstić information content (AvgIpc) is 3.02. The van der Waals surface area contributed by atoms with Crippen molar-refractivity contribution in [3.63, 3.8) is 0 Å². The van der Waals surface area contributed by atoms with Crippen molar-refractivity contribution in [2.45, 2.75) is 11.5 Å². The average molecular weight is 333 g/mol. The summed E-state index contributed by atoms with van der Waals surface area (Å²) in [6, 6.07) is 15.2. The van der Waals surface area contributed by atoms with Gasteiger partial charge in [0.15, 0.2) is 6.61 Å². The largest absolute Gasteiger partial charge is 0.484 e. The molecule has 0 saturated carbocycles. The molecular formula is C16H13ClN2O2S. The predicted molar refractivity (Wildman–Crippen MR) is 87.3 cm³/mol. The Bertz CT molecular complexity index is 759. The van der Waals surface area contributed by atoms with E-state index in [1.54, 1.807) is 23.9 Å². The number of ether oxygens (including phenoxy) is 1. The fourth-order valence-electron chi connectivity index (χ4n) is 1.88. The molecule has 3 aromatic rings. The number of benzene rings is 2. The predicted octanol–water partition coefficient (Wildman–Crippen LogP) is 4.69. The van der Waals surface area contributed by atoms with E-state index in [0.29, 0.717) is 16.7 Å². The van der Waals surface area contributed by atoms with Crippen LogP contribution >= 0.6 is 23.4 Å². The van der Waals surface area contributed by atoms with Gasteiger partial charge in [-0.15, -0.1) is 11.8 Å². The number of nitrogens with zero attached hydrogens (tertiary/aromatic N) is 2. The van der Waals surface area contributed by atoms with E-state index in [4.69, 9.17) is 20.9 Å². The van der Waals surface area contributed by atoms with E-state index in [1.165, 1.54) is 4.90 Å². The van der Waals surface area contributed by atoms with Gasteiger partial charge in [-0.3, -0.25) is 0 Å². The summed E-state index contributed by atoms with van der Waals surface area (Å²) in [5.74, 6) is 1.68. The van der Waals surface area contributed by atoms with Crippen molar-refractivity contribution in [3.8, 4) is 17.1 Å². The third kappa shape index (κ3) is 3.61. The van der Waals surface area contributed by atoms with Gasteiger partial charge in [0, 0.05) is 15.5 Å². The lowest BCUT2D eigenvalue weighted by Crippen LogP contribution is -1.95. The topological polar surface area (TPSA) is 48.2 Å². The molecule has 0 aliphatic carbocycles. The lowest BCUT2D eigenvalue weighted by atomic mass is 10.2. The number of rotatable bonds is 5. The Balaban J connectivity index is 1.66. The van der Waals surface area contributed by atoms with Gasteiger partial charge in [-0.25, -0.2) is 0 Å². The van der Waals surface area contributed by atoms with Crippen LogP contribution in [0, 0.1) is 0 Å². The van der Waals surface area contributed by atoms with Crippen LogP contribution < -0.4 is 4.74 Å². The molecule has 0 aliphatic heterocycles. The normalized spacial score (nSPS) is 10.6. The molecule has 1 aromatic heterocycles. The molecule has 0 bridgehead atoms. The maximum absolute atomic E-state index is 5.95. The number of thioether (sulfide) groups is 1. The van der Waals surface area contributed by atoms with Crippen molar-refractivity contribution in [1.29, 1.82) is 0 Å². The van der Waals surface area contributed by atoms with Crippen molar-refractivity contribution in [1.82, 2.24) is 10.1 Å². The van der Waals surface area contributed by atoms with Crippen LogP contribution in [-0.4, -0.2) is 16.4 Å². The summed E-state index contributed by atoms with van der Waals surface area (Å²) in [5, 5.41) is 4.57. The quantitative estimate of drug-likeness (QED) is 0.634. The first-order valence-electron chi connectivity index (χ1n) is 6.60. The molecule has 6 heteroatoms. The highest BCUT2D eigenvalue weighted by Gasteiger charge is 2.09. The zero-order valence-corrected chi connectivity index (χ0v) is 13.4. The minimum atomic E-state index is 0.228. The highest BCUT2D eigenvalue weighted by molar-refractivity contribution is 7.98. The van der Waals surface area contributed by atoms with Crippen LogP contribution in [0.2, 0.25) is 5.02 Å². The van der Waals surface area contributed by atoms with Crippen molar-refractivity contribution in [2.75, 3.05) is 6.26 Å². The van der Waals surface area contributed by atoms with Crippen LogP contribution in [0.4, 0.5) is 0 Å². The highest BCUT2D eigenvalue weighted by Crippen LogP contribution is 2.22. The Hall–Kier alpha value is -1.98. The van der Waals surface area contributed by atoms with Crippen LogP contribution in [0.1, 0.15) is 5.89 Å². The number of hydrogen-bond acceptors (Lipinski definition) is 5. The summed E-state index contributed by atoms with van der Waals surface area (Å²) < 4.78 is 10.8. The molecule has 0 N–H and O–H groups in total. The lowest BCUT2D eigenvalue weighted by Gasteiger charge is -2.03. The van der Waals surface area contributed by atoms with Gasteiger partial charge in [0.05, 0.1) is 0 Å². The smallest absolute Gasteiger partial charge is 0.264 e. The van der Waals surface area contributed by atoms with Gasteiger partial charge in [0.2, 0.25) is 5.82 Å². The van der Waals surface area contributed by atoms with Gasteiger partial charge < -0.3 is 9.26 Å². The lowest BCUT2D eigenvalue weighted by molar-refractivity contribution is 0.243. The minimum absolute atomic E-state index is 0.228. The fourth-order valence-corrected chi connectivity index (χ4v) is 2.47. The van der Waals surface area contributed by atoms with Gasteiger partial charge >= 0.3 is 0 Å². The molecule has 0 aliphatic rings. The Morgan fingerprint density at radius 2 is 2.00 bits per heavy atom. The van der Waals surface area contributed by atoms with E-state index in [0.717, 1.165) is 11.3 Å². The Morgan fingerprint density at radius 1 is 1.18 bits per heavy atom. The van der Waals surface area contributed by atoms with Gasteiger partial charge in [-0.2, -0.15) is 4.98 Å². The van der Waals surface area contributed by atoms with Crippen LogP contribution in [0.3, 0.4) is 0 Å². The Kier molecular flexibility index (Phi) is 4.65. The van der Waals surface area contributed by atoms with Crippen molar-refractivity contribution >= 4 is 23.4 Å². The first kappa shape index (κ1) is 14.9. The van der Waals surface area contributed by atoms with E-state index in [2.05, 4.69) is 10.1 Å². The van der Waals surface area contributed by atoms with E-state index in [1.807, 2.05) is 42.7 Å². The second-order valence-electron chi connectivity index (χ2n) is 4.49. The molecule has 0 saturated heterocycles. The first-order chi connectivity index (χ1) is 10.7. The number of aromatic nitrogens is 2. The number of halogens is 1. The van der Waals surface area contributed by atoms with Crippen LogP contribution in [-0.2, 0) is 6.61 Å². The summed E-state index contributed by atoms with van der Waals surface area (Å²) in [6.07, 6.45) is 2.03. The maximum atomic E-state index is 5.95. The monoisotopic (exact) mass is 332 g/mol. The van der Waals surface area contributed by atoms with Crippen molar-refractivity contribution < 1.29 is 9.26 Å². The zero-order chi connectivity index (χ0) is 15.4. The number of hydrogen-bond donors (Lipinski definition) is 0. The van der Waals surface area contributed by atoms with Gasteiger partial charge in [-0.05, 0) is 42.7 Å². The summed E-state index contributed by atoms with van der Waals surface area (Å²) in [7, 11) is 0. The summed E-state index contributed by atoms with van der Waals surface area (Å²) >= 11 is 7.64. The maximum Gasteiger partial charge on any atom is 0.264 e. The summed E-state index contributed by atoms with van der Waals surface area (Å²) in [5.41, 5.74) is 0.812. The van der Waals surface area contributed by atoms with Gasteiger partial charge in [-0.1, -0.05) is 28.9 Å². The van der Waals surface area contributed by atoms with E-state index in [-0.39, 0.29) is 6.61 Å². The van der Waals surface area contributed by atoms with E-state index < -0.39 is 0 Å². The van der Waals surface area contributed by atoms with E-state index >= 15 is 0 Å². The molecule has 4 nitrogen and oxygen atoms in total. The standard InChI is InChI=1S/C16H13ClN2O2S/c1-22-14-7-5-13(6-8-14)20-10-15-18-16(19-21-15)11-3-2-4-12(17)9-11/h2-9H,10H2,1H3. The SMILES string of the molecule is CSc1ccc(OCc2nc(-c3cccc(Cl)c3)no2)cc1. The van der Waals surface area contributed by atoms with Gasteiger partial charge in [0.25, 0.3) is 5.89 Å². The summed E-state index contributed by atoms with van der Waals surface area (Å²) in [6.45, 7) is 0.228. The molecule has 1 heterocycles. The molecule has 0 amide bonds. The third-order valence-electron chi connectivity index (χ3n) is 2.97. The molecule has 2 aromatic carbocycles. The summed E-state index contributed by atoms with van der Waals surface area (Å²) in [4.78, 5) is 5.49. The molecule has 0 spiro atoms. The van der Waals surface area contributed by atoms with Crippen LogP contribution in [0.25, 0.3) is 11.4 Å². The highest BCUT2D eigenvalue weighted by atomic mass is 35.5. The van der Waals surface area contributed by atoms with E-state index in [9.17, 15) is 0 Å². The Labute approximate surface area is 137 Å². The second-order valence-corrected chi connectivity index (χ2v) is 5.80. The van der Waals surface area contributed by atoms with Crippen LogP contribution in [0.15, 0.2) is 57.9 Å². The van der Waals surface area contributed by atoms with Crippen molar-refractivity contribution in [3.05, 3.63) is 59.4 Å². The molecule has 3 rings (SSSR count). The Morgan fingerprint density at radius 3 is 2.73 bits per heavy atom.